The monoisotopic (exact) mass is 448 g/mol. The molecule has 0 spiro atoms. The maximum Gasteiger partial charge on any atom is 0.247 e. The zero-order valence-corrected chi connectivity index (χ0v) is 18.6. The van der Waals surface area contributed by atoms with E-state index in [1.807, 2.05) is 48.7 Å². The number of aromatic amines is 1. The summed E-state index contributed by atoms with van der Waals surface area (Å²) < 4.78 is 29.7. The van der Waals surface area contributed by atoms with Crippen molar-refractivity contribution in [2.45, 2.75) is 31.3 Å². The van der Waals surface area contributed by atoms with Crippen LogP contribution in [0.2, 0.25) is 0 Å². The van der Waals surface area contributed by atoms with Crippen molar-refractivity contribution in [3.63, 3.8) is 0 Å². The van der Waals surface area contributed by atoms with Gasteiger partial charge in [-0.15, -0.1) is 0 Å². The molecule has 3 heterocycles. The quantitative estimate of drug-likeness (QED) is 0.454. The van der Waals surface area contributed by atoms with Crippen molar-refractivity contribution in [1.29, 1.82) is 0 Å². The molecule has 4 aromatic rings. The first kappa shape index (κ1) is 20.7. The lowest BCUT2D eigenvalue weighted by Crippen LogP contribution is -2.31. The van der Waals surface area contributed by atoms with Gasteiger partial charge in [-0.1, -0.05) is 30.3 Å². The number of nitrogens with zero attached hydrogens (tertiary/aromatic N) is 3. The Morgan fingerprint density at radius 3 is 2.81 bits per heavy atom. The van der Waals surface area contributed by atoms with E-state index in [0.29, 0.717) is 13.2 Å². The largest absolute Gasteiger partial charge is 0.489 e. The Balaban J connectivity index is 1.33. The molecule has 0 saturated heterocycles. The summed E-state index contributed by atoms with van der Waals surface area (Å²) >= 11 is 0. The lowest BCUT2D eigenvalue weighted by Gasteiger charge is -2.27. The maximum absolute atomic E-state index is 11.8. The first-order valence-electron chi connectivity index (χ1n) is 10.5. The van der Waals surface area contributed by atoms with Gasteiger partial charge in [0, 0.05) is 49.2 Å². The van der Waals surface area contributed by atoms with Gasteiger partial charge in [-0.3, -0.25) is 4.90 Å². The molecule has 0 amide bonds. The lowest BCUT2D eigenvalue weighted by molar-refractivity contribution is 0.241. The normalized spacial score (nSPS) is 14.4. The van der Waals surface area contributed by atoms with Crippen molar-refractivity contribution in [3.05, 3.63) is 83.3 Å². The molecular formula is C24H24N4O3S. The van der Waals surface area contributed by atoms with Gasteiger partial charge < -0.3 is 9.72 Å². The van der Waals surface area contributed by atoms with Crippen molar-refractivity contribution in [2.24, 2.45) is 0 Å². The van der Waals surface area contributed by atoms with Crippen LogP contribution in [0.15, 0.2) is 66.1 Å². The first-order chi connectivity index (χ1) is 15.5. The minimum Gasteiger partial charge on any atom is -0.489 e. The highest BCUT2D eigenvalue weighted by Crippen LogP contribution is 2.27. The molecule has 7 nitrogen and oxygen atoms in total. The highest BCUT2D eigenvalue weighted by molar-refractivity contribution is 7.90. The summed E-state index contributed by atoms with van der Waals surface area (Å²) in [5, 5.41) is 1.02. The first-order valence-corrected chi connectivity index (χ1v) is 12.4. The minimum absolute atomic E-state index is 0.106. The second-order valence-electron chi connectivity index (χ2n) is 8.15. The number of rotatable bonds is 6. The average Bonchev–Trinajstić information content (AvgIpc) is 3.19. The molecule has 0 saturated carbocycles. The van der Waals surface area contributed by atoms with Gasteiger partial charge in [0.2, 0.25) is 15.0 Å². The lowest BCUT2D eigenvalue weighted by atomic mass is 10.1. The van der Waals surface area contributed by atoms with Crippen LogP contribution in [0.5, 0.6) is 5.75 Å². The standard InChI is InChI=1S/C24H24N4O3S/c1-32(29,30)24-26-12-18-9-10-28(15-23(18)27-24)14-19-13-25-22-8-7-20(11-21(19)22)31-16-17-5-3-2-4-6-17/h2-8,11-13,25H,9-10,14-16H2,1H3. The van der Waals surface area contributed by atoms with Crippen LogP contribution < -0.4 is 4.74 Å². The van der Waals surface area contributed by atoms with Gasteiger partial charge in [0.1, 0.15) is 12.4 Å². The average molecular weight is 449 g/mol. The summed E-state index contributed by atoms with van der Waals surface area (Å²) in [7, 11) is -3.42. The second kappa shape index (κ2) is 8.37. The number of ether oxygens (including phenoxy) is 1. The molecular weight excluding hydrogens is 424 g/mol. The van der Waals surface area contributed by atoms with E-state index in [0.717, 1.165) is 59.2 Å². The van der Waals surface area contributed by atoms with Gasteiger partial charge in [-0.05, 0) is 41.3 Å². The van der Waals surface area contributed by atoms with Gasteiger partial charge in [-0.2, -0.15) is 0 Å². The third-order valence-electron chi connectivity index (χ3n) is 5.72. The minimum atomic E-state index is -3.42. The van der Waals surface area contributed by atoms with Gasteiger partial charge >= 0.3 is 0 Å². The fraction of sp³-hybridized carbons (Fsp3) is 0.250. The van der Waals surface area contributed by atoms with Gasteiger partial charge in [0.25, 0.3) is 0 Å². The van der Waals surface area contributed by atoms with Crippen molar-refractivity contribution in [3.8, 4) is 5.75 Å². The number of hydrogen-bond acceptors (Lipinski definition) is 6. The van der Waals surface area contributed by atoms with Crippen LogP contribution in [0.1, 0.15) is 22.4 Å². The van der Waals surface area contributed by atoms with E-state index in [-0.39, 0.29) is 5.16 Å². The van der Waals surface area contributed by atoms with E-state index >= 15 is 0 Å². The summed E-state index contributed by atoms with van der Waals surface area (Å²) in [6.07, 6.45) is 5.62. The van der Waals surface area contributed by atoms with Crippen LogP contribution in [0, 0.1) is 0 Å². The number of fused-ring (bicyclic) bond motifs is 2. The number of nitrogens with one attached hydrogen (secondary N) is 1. The van der Waals surface area contributed by atoms with E-state index in [9.17, 15) is 8.42 Å². The third kappa shape index (κ3) is 4.37. The van der Waals surface area contributed by atoms with Crippen LogP contribution in [-0.2, 0) is 36.0 Å². The molecule has 5 rings (SSSR count). The summed E-state index contributed by atoms with van der Waals surface area (Å²) in [5.74, 6) is 0.830. The fourth-order valence-electron chi connectivity index (χ4n) is 4.01. The molecule has 32 heavy (non-hydrogen) atoms. The Morgan fingerprint density at radius 1 is 1.16 bits per heavy atom. The number of aromatic nitrogens is 3. The molecule has 1 N–H and O–H groups in total. The summed E-state index contributed by atoms with van der Waals surface area (Å²) in [6, 6.07) is 16.2. The van der Waals surface area contributed by atoms with E-state index in [1.165, 1.54) is 5.56 Å². The molecule has 0 atom stereocenters. The zero-order chi connectivity index (χ0) is 22.1. The zero-order valence-electron chi connectivity index (χ0n) is 17.8. The second-order valence-corrected chi connectivity index (χ2v) is 10.1. The van der Waals surface area contributed by atoms with E-state index < -0.39 is 9.84 Å². The molecule has 1 aliphatic heterocycles. The predicted molar refractivity (Wildman–Crippen MR) is 122 cm³/mol. The Hall–Kier alpha value is -3.23. The highest BCUT2D eigenvalue weighted by Gasteiger charge is 2.22. The molecule has 0 radical (unpaired) electrons. The molecule has 2 aromatic carbocycles. The molecule has 1 aliphatic rings. The Morgan fingerprint density at radius 2 is 2.00 bits per heavy atom. The fourth-order valence-corrected chi connectivity index (χ4v) is 4.53. The Bertz CT molecular complexity index is 1370. The van der Waals surface area contributed by atoms with Crippen LogP contribution in [0.3, 0.4) is 0 Å². The SMILES string of the molecule is CS(=O)(=O)c1ncc2c(n1)CN(Cc1c[nH]c3ccc(OCc4ccccc4)cc13)CC2. The molecule has 0 unspecified atom stereocenters. The topological polar surface area (TPSA) is 88.2 Å². The molecule has 0 bridgehead atoms. The van der Waals surface area contributed by atoms with E-state index in [4.69, 9.17) is 4.74 Å². The van der Waals surface area contributed by atoms with E-state index in [2.05, 4.69) is 25.9 Å². The molecule has 0 aliphatic carbocycles. The van der Waals surface area contributed by atoms with E-state index in [1.54, 1.807) is 6.20 Å². The molecule has 2 aromatic heterocycles. The number of H-pyrrole nitrogens is 1. The van der Waals surface area contributed by atoms with Gasteiger partial charge in [0.15, 0.2) is 0 Å². The maximum atomic E-state index is 11.8. The Labute approximate surface area is 187 Å². The predicted octanol–water partition coefficient (Wildman–Crippen LogP) is 3.50. The van der Waals surface area contributed by atoms with Crippen LogP contribution in [-0.4, -0.2) is 41.1 Å². The Kier molecular flexibility index (Phi) is 5.40. The van der Waals surface area contributed by atoms with Crippen molar-refractivity contribution >= 4 is 20.7 Å². The summed E-state index contributed by atoms with van der Waals surface area (Å²) in [5.41, 5.74) is 5.17. The number of sulfone groups is 1. The molecule has 0 fully saturated rings. The van der Waals surface area contributed by atoms with Gasteiger partial charge in [-0.25, -0.2) is 18.4 Å². The van der Waals surface area contributed by atoms with Crippen LogP contribution in [0.25, 0.3) is 10.9 Å². The summed E-state index contributed by atoms with van der Waals surface area (Å²) in [4.78, 5) is 14.0. The molecule has 164 valence electrons. The summed E-state index contributed by atoms with van der Waals surface area (Å²) in [6.45, 7) is 2.72. The van der Waals surface area contributed by atoms with Crippen molar-refractivity contribution < 1.29 is 13.2 Å². The van der Waals surface area contributed by atoms with Crippen molar-refractivity contribution in [2.75, 3.05) is 12.8 Å². The van der Waals surface area contributed by atoms with Crippen LogP contribution >= 0.6 is 0 Å². The number of benzene rings is 2. The third-order valence-corrected chi connectivity index (χ3v) is 6.58. The van der Waals surface area contributed by atoms with Crippen molar-refractivity contribution in [1.82, 2.24) is 19.9 Å². The smallest absolute Gasteiger partial charge is 0.247 e. The highest BCUT2D eigenvalue weighted by atomic mass is 32.2. The van der Waals surface area contributed by atoms with Gasteiger partial charge in [0.05, 0.1) is 5.69 Å². The molecule has 8 heteroatoms. The number of hydrogen-bond donors (Lipinski definition) is 1. The van der Waals surface area contributed by atoms with Crippen LogP contribution in [0.4, 0.5) is 0 Å².